The molecule has 0 radical (unpaired) electrons. The Morgan fingerprint density at radius 1 is 1.35 bits per heavy atom. The van der Waals surface area contributed by atoms with E-state index in [1.165, 1.54) is 0 Å². The molecule has 0 aromatic heterocycles. The molecule has 4 nitrogen and oxygen atoms in total. The molecule has 1 rings (SSSR count). The molecule has 2 N–H and O–H groups in total. The number of nitrogens with zero attached hydrogens (tertiary/aromatic N) is 1. The van der Waals surface area contributed by atoms with Crippen molar-refractivity contribution in [2.75, 3.05) is 33.4 Å². The van der Waals surface area contributed by atoms with Crippen molar-refractivity contribution in [3.63, 3.8) is 0 Å². The largest absolute Gasteiger partial charge is 0.493 e. The first-order chi connectivity index (χ1) is 9.53. The highest BCUT2D eigenvalue weighted by Crippen LogP contribution is 2.36. The van der Waals surface area contributed by atoms with Crippen LogP contribution in [0.1, 0.15) is 19.4 Å². The first-order valence-electron chi connectivity index (χ1n) is 6.55. The zero-order valence-electron chi connectivity index (χ0n) is 12.1. The molecule has 0 atom stereocenters. The van der Waals surface area contributed by atoms with Gasteiger partial charge < -0.3 is 20.1 Å². The molecule has 6 heteroatoms. The van der Waals surface area contributed by atoms with Gasteiger partial charge >= 0.3 is 0 Å². The molecule has 1 aromatic rings. The van der Waals surface area contributed by atoms with E-state index in [1.807, 2.05) is 0 Å². The standard InChI is InChI=1S/C14H21ClN2O2S/c1-4-17(5-2)6-7-19-13-11(15)8-10(14(16)20)9-12(13)18-3/h8-9H,4-7H2,1-3H3,(H2,16,20). The fraction of sp³-hybridized carbons (Fsp3) is 0.500. The zero-order chi connectivity index (χ0) is 15.1. The van der Waals surface area contributed by atoms with Crippen LogP contribution in [0, 0.1) is 0 Å². The van der Waals surface area contributed by atoms with Crippen molar-refractivity contribution in [1.29, 1.82) is 0 Å². The summed E-state index contributed by atoms with van der Waals surface area (Å²) in [5.41, 5.74) is 6.27. The summed E-state index contributed by atoms with van der Waals surface area (Å²) in [4.78, 5) is 2.55. The van der Waals surface area contributed by atoms with Crippen LogP contribution in [0.5, 0.6) is 11.5 Å². The lowest BCUT2D eigenvalue weighted by Gasteiger charge is -2.19. The van der Waals surface area contributed by atoms with Gasteiger partial charge in [0, 0.05) is 12.1 Å². The maximum atomic E-state index is 6.21. The summed E-state index contributed by atoms with van der Waals surface area (Å²) in [6.07, 6.45) is 0. The minimum atomic E-state index is 0.278. The van der Waals surface area contributed by atoms with E-state index < -0.39 is 0 Å². The fourth-order valence-electron chi connectivity index (χ4n) is 1.82. The molecule has 0 heterocycles. The molecule has 20 heavy (non-hydrogen) atoms. The lowest BCUT2D eigenvalue weighted by atomic mass is 10.2. The Morgan fingerprint density at radius 3 is 2.50 bits per heavy atom. The second kappa shape index (κ2) is 8.29. The third kappa shape index (κ3) is 4.51. The van der Waals surface area contributed by atoms with E-state index in [1.54, 1.807) is 19.2 Å². The number of ether oxygens (including phenoxy) is 2. The summed E-state index contributed by atoms with van der Waals surface area (Å²) in [6.45, 7) is 7.60. The average molecular weight is 317 g/mol. The number of likely N-dealkylation sites (N-methyl/N-ethyl adjacent to an activating group) is 1. The number of methoxy groups -OCH3 is 1. The van der Waals surface area contributed by atoms with E-state index in [9.17, 15) is 0 Å². The summed E-state index contributed by atoms with van der Waals surface area (Å²) in [6, 6.07) is 3.43. The number of nitrogens with two attached hydrogens (primary N) is 1. The molecule has 1 aromatic carbocycles. The van der Waals surface area contributed by atoms with Crippen molar-refractivity contribution >= 4 is 28.8 Å². The number of hydrogen-bond donors (Lipinski definition) is 1. The highest BCUT2D eigenvalue weighted by molar-refractivity contribution is 7.80. The summed E-state index contributed by atoms with van der Waals surface area (Å²) in [7, 11) is 1.56. The summed E-state index contributed by atoms with van der Waals surface area (Å²) in [5, 5.41) is 0.451. The molecule has 0 saturated carbocycles. The van der Waals surface area contributed by atoms with Crippen LogP contribution in [-0.4, -0.2) is 43.2 Å². The number of halogens is 1. The van der Waals surface area contributed by atoms with Crippen molar-refractivity contribution in [2.45, 2.75) is 13.8 Å². The Kier molecular flexibility index (Phi) is 7.05. The van der Waals surface area contributed by atoms with Crippen LogP contribution < -0.4 is 15.2 Å². The Labute approximate surface area is 130 Å². The molecule has 0 fully saturated rings. The van der Waals surface area contributed by atoms with Gasteiger partial charge in [-0.3, -0.25) is 0 Å². The van der Waals surface area contributed by atoms with Crippen LogP contribution in [-0.2, 0) is 0 Å². The highest BCUT2D eigenvalue weighted by atomic mass is 35.5. The highest BCUT2D eigenvalue weighted by Gasteiger charge is 2.13. The second-order valence-corrected chi connectivity index (χ2v) is 5.08. The summed E-state index contributed by atoms with van der Waals surface area (Å²) >= 11 is 11.1. The normalized spacial score (nSPS) is 10.7. The lowest BCUT2D eigenvalue weighted by Crippen LogP contribution is -2.28. The van der Waals surface area contributed by atoms with E-state index in [-0.39, 0.29) is 4.99 Å². The number of thiocarbonyl (C=S) groups is 1. The number of benzene rings is 1. The van der Waals surface area contributed by atoms with Gasteiger partial charge in [0.2, 0.25) is 0 Å². The summed E-state index contributed by atoms with van der Waals surface area (Å²) in [5.74, 6) is 1.07. The Balaban J connectivity index is 2.81. The molecule has 0 aliphatic carbocycles. The monoisotopic (exact) mass is 316 g/mol. The van der Waals surface area contributed by atoms with Crippen molar-refractivity contribution in [2.24, 2.45) is 5.73 Å². The van der Waals surface area contributed by atoms with Gasteiger partial charge in [-0.05, 0) is 25.2 Å². The average Bonchev–Trinajstić information content (AvgIpc) is 2.44. The second-order valence-electron chi connectivity index (χ2n) is 4.23. The van der Waals surface area contributed by atoms with Gasteiger partial charge in [-0.25, -0.2) is 0 Å². The van der Waals surface area contributed by atoms with Gasteiger partial charge in [0.15, 0.2) is 11.5 Å². The van der Waals surface area contributed by atoms with Crippen LogP contribution in [0.4, 0.5) is 0 Å². The quantitative estimate of drug-likeness (QED) is 0.747. The van der Waals surface area contributed by atoms with Crippen LogP contribution in [0.2, 0.25) is 5.02 Å². The zero-order valence-corrected chi connectivity index (χ0v) is 13.7. The van der Waals surface area contributed by atoms with Gasteiger partial charge in [0.05, 0.1) is 12.1 Å². The van der Waals surface area contributed by atoms with Crippen LogP contribution in [0.25, 0.3) is 0 Å². The molecular formula is C14H21ClN2O2S. The number of rotatable bonds is 8. The Morgan fingerprint density at radius 2 is 2.00 bits per heavy atom. The molecule has 0 unspecified atom stereocenters. The van der Waals surface area contributed by atoms with Crippen LogP contribution >= 0.6 is 23.8 Å². The maximum Gasteiger partial charge on any atom is 0.179 e. The fourth-order valence-corrected chi connectivity index (χ4v) is 2.20. The Hall–Kier alpha value is -1.04. The van der Waals surface area contributed by atoms with Crippen molar-refractivity contribution < 1.29 is 9.47 Å². The smallest absolute Gasteiger partial charge is 0.179 e. The summed E-state index contributed by atoms with van der Waals surface area (Å²) < 4.78 is 11.0. The van der Waals surface area contributed by atoms with Crippen LogP contribution in [0.15, 0.2) is 12.1 Å². The predicted octanol–water partition coefficient (Wildman–Crippen LogP) is 2.70. The topological polar surface area (TPSA) is 47.7 Å². The molecule has 0 bridgehead atoms. The van der Waals surface area contributed by atoms with Gasteiger partial charge in [0.25, 0.3) is 0 Å². The van der Waals surface area contributed by atoms with Gasteiger partial charge in [-0.1, -0.05) is 37.7 Å². The van der Waals surface area contributed by atoms with Crippen LogP contribution in [0.3, 0.4) is 0 Å². The molecule has 0 aliphatic heterocycles. The lowest BCUT2D eigenvalue weighted by molar-refractivity contribution is 0.217. The predicted molar refractivity (Wildman–Crippen MR) is 87.2 cm³/mol. The molecule has 0 spiro atoms. The van der Waals surface area contributed by atoms with Crippen molar-refractivity contribution in [1.82, 2.24) is 4.90 Å². The first-order valence-corrected chi connectivity index (χ1v) is 7.34. The van der Waals surface area contributed by atoms with Gasteiger partial charge in [-0.2, -0.15) is 0 Å². The molecule has 0 aliphatic rings. The number of hydrogen-bond acceptors (Lipinski definition) is 4. The Bertz CT molecular complexity index is 465. The van der Waals surface area contributed by atoms with Gasteiger partial charge in [0.1, 0.15) is 11.6 Å². The van der Waals surface area contributed by atoms with Crippen molar-refractivity contribution in [3.8, 4) is 11.5 Å². The van der Waals surface area contributed by atoms with E-state index in [0.717, 1.165) is 19.6 Å². The third-order valence-corrected chi connectivity index (χ3v) is 3.58. The van der Waals surface area contributed by atoms with Crippen molar-refractivity contribution in [3.05, 3.63) is 22.7 Å². The minimum absolute atomic E-state index is 0.278. The van der Waals surface area contributed by atoms with E-state index in [0.29, 0.717) is 28.7 Å². The van der Waals surface area contributed by atoms with E-state index in [4.69, 9.17) is 39.0 Å². The maximum absolute atomic E-state index is 6.21. The third-order valence-electron chi connectivity index (χ3n) is 3.06. The molecule has 112 valence electrons. The first kappa shape index (κ1) is 17.0. The molecule has 0 amide bonds. The van der Waals surface area contributed by atoms with Gasteiger partial charge in [-0.15, -0.1) is 0 Å². The molecule has 0 saturated heterocycles. The van der Waals surface area contributed by atoms with E-state index >= 15 is 0 Å². The van der Waals surface area contributed by atoms with E-state index in [2.05, 4.69) is 18.7 Å². The molecular weight excluding hydrogens is 296 g/mol. The minimum Gasteiger partial charge on any atom is -0.493 e. The SMILES string of the molecule is CCN(CC)CCOc1c(Cl)cc(C(N)=S)cc1OC.